The summed E-state index contributed by atoms with van der Waals surface area (Å²) in [6.45, 7) is 1.97. The SMILES string of the molecule is Cc1ccc(C(=O)N[N+](C(N)=O)(c2nc(-c3ccccc3)cs2)C2CCCCC2)cc1. The van der Waals surface area contributed by atoms with Crippen molar-refractivity contribution in [2.24, 2.45) is 5.73 Å². The Kier molecular flexibility index (Phi) is 6.15. The summed E-state index contributed by atoms with van der Waals surface area (Å²) in [5, 5.41) is 2.42. The number of hydrogen-bond acceptors (Lipinski definition) is 4. The fourth-order valence-corrected chi connectivity index (χ4v) is 5.20. The van der Waals surface area contributed by atoms with E-state index in [2.05, 4.69) is 5.43 Å². The molecule has 0 spiro atoms. The number of nitrogens with two attached hydrogens (primary N) is 1. The number of benzene rings is 2. The molecule has 1 heterocycles. The maximum absolute atomic E-state index is 13.2. The van der Waals surface area contributed by atoms with Crippen LogP contribution in [0.3, 0.4) is 0 Å². The average molecular weight is 436 g/mol. The highest BCUT2D eigenvalue weighted by atomic mass is 32.1. The van der Waals surface area contributed by atoms with Gasteiger partial charge in [0.15, 0.2) is 0 Å². The van der Waals surface area contributed by atoms with Crippen LogP contribution >= 0.6 is 11.3 Å². The van der Waals surface area contributed by atoms with E-state index in [9.17, 15) is 9.59 Å². The monoisotopic (exact) mass is 435 g/mol. The number of aryl methyl sites for hydroxylation is 1. The van der Waals surface area contributed by atoms with E-state index in [-0.39, 0.29) is 11.9 Å². The first-order chi connectivity index (χ1) is 15.0. The number of urea groups is 1. The van der Waals surface area contributed by atoms with Gasteiger partial charge in [0, 0.05) is 29.3 Å². The Morgan fingerprint density at radius 2 is 1.71 bits per heavy atom. The molecule has 7 heteroatoms. The Morgan fingerprint density at radius 3 is 2.35 bits per heavy atom. The molecule has 1 unspecified atom stereocenters. The van der Waals surface area contributed by atoms with Crippen LogP contribution < -0.4 is 15.8 Å². The minimum Gasteiger partial charge on any atom is -0.316 e. The molecule has 4 rings (SSSR count). The van der Waals surface area contributed by atoms with Crippen LogP contribution in [0.1, 0.15) is 48.0 Å². The topological polar surface area (TPSA) is 85.1 Å². The molecule has 3 amide bonds. The van der Waals surface area contributed by atoms with Gasteiger partial charge in [0.2, 0.25) is 0 Å². The molecule has 1 aliphatic rings. The summed E-state index contributed by atoms with van der Waals surface area (Å²) in [5.74, 6) is -0.333. The summed E-state index contributed by atoms with van der Waals surface area (Å²) in [6, 6.07) is 16.3. The normalized spacial score (nSPS) is 16.4. The Bertz CT molecular complexity index is 1060. The van der Waals surface area contributed by atoms with E-state index in [4.69, 9.17) is 10.7 Å². The number of hydrogen-bond donors (Lipinski definition) is 2. The van der Waals surface area contributed by atoms with Gasteiger partial charge in [0.1, 0.15) is 6.04 Å². The number of carbonyl (C=O) groups is 2. The highest BCUT2D eigenvalue weighted by molar-refractivity contribution is 7.14. The van der Waals surface area contributed by atoms with Gasteiger partial charge in [0.05, 0.1) is 5.69 Å². The summed E-state index contributed by atoms with van der Waals surface area (Å²) >= 11 is 1.36. The first kappa shape index (κ1) is 21.2. The molecule has 3 N–H and O–H groups in total. The van der Waals surface area contributed by atoms with Gasteiger partial charge in [-0.2, -0.15) is 10.4 Å². The predicted molar refractivity (Wildman–Crippen MR) is 124 cm³/mol. The van der Waals surface area contributed by atoms with Crippen LogP contribution in [0.25, 0.3) is 11.3 Å². The van der Waals surface area contributed by atoms with Crippen molar-refractivity contribution in [2.45, 2.75) is 45.1 Å². The van der Waals surface area contributed by atoms with E-state index in [1.165, 1.54) is 11.3 Å². The number of amides is 3. The molecule has 3 aromatic rings. The van der Waals surface area contributed by atoms with Gasteiger partial charge < -0.3 is 5.73 Å². The van der Waals surface area contributed by atoms with Crippen molar-refractivity contribution in [3.8, 4) is 11.3 Å². The summed E-state index contributed by atoms with van der Waals surface area (Å²) in [4.78, 5) is 31.0. The van der Waals surface area contributed by atoms with Crippen molar-refractivity contribution in [1.82, 2.24) is 15.0 Å². The van der Waals surface area contributed by atoms with Gasteiger partial charge >= 0.3 is 11.2 Å². The van der Waals surface area contributed by atoms with Crippen molar-refractivity contribution in [2.75, 3.05) is 0 Å². The molecule has 1 aliphatic carbocycles. The molecular weight excluding hydrogens is 408 g/mol. The zero-order valence-electron chi connectivity index (χ0n) is 17.6. The van der Waals surface area contributed by atoms with Gasteiger partial charge in [-0.05, 0) is 31.9 Å². The number of aromatic nitrogens is 1. The molecule has 0 saturated heterocycles. The number of primary amides is 1. The summed E-state index contributed by atoms with van der Waals surface area (Å²) < 4.78 is -0.440. The predicted octanol–water partition coefficient (Wildman–Crippen LogP) is 5.18. The third kappa shape index (κ3) is 4.24. The summed E-state index contributed by atoms with van der Waals surface area (Å²) in [5.41, 5.74) is 12.3. The van der Waals surface area contributed by atoms with Crippen molar-refractivity contribution < 1.29 is 9.59 Å². The van der Waals surface area contributed by atoms with Crippen LogP contribution in [0.2, 0.25) is 0 Å². The maximum Gasteiger partial charge on any atom is 0.446 e. The second-order valence-corrected chi connectivity index (χ2v) is 8.88. The first-order valence-corrected chi connectivity index (χ1v) is 11.5. The third-order valence-electron chi connectivity index (χ3n) is 5.93. The van der Waals surface area contributed by atoms with Crippen molar-refractivity contribution in [3.05, 3.63) is 71.1 Å². The molecular formula is C24H27N4O2S+. The lowest BCUT2D eigenvalue weighted by atomic mass is 9.94. The lowest BCUT2D eigenvalue weighted by Gasteiger charge is -2.38. The van der Waals surface area contributed by atoms with E-state index >= 15 is 0 Å². The highest BCUT2D eigenvalue weighted by Crippen LogP contribution is 2.37. The van der Waals surface area contributed by atoms with Crippen LogP contribution in [0.5, 0.6) is 0 Å². The zero-order chi connectivity index (χ0) is 21.8. The van der Waals surface area contributed by atoms with Gasteiger partial charge in [-0.25, -0.2) is 4.79 Å². The van der Waals surface area contributed by atoms with E-state index < -0.39 is 10.6 Å². The largest absolute Gasteiger partial charge is 0.446 e. The Hall–Kier alpha value is -3.03. The average Bonchev–Trinajstić information content (AvgIpc) is 3.29. The van der Waals surface area contributed by atoms with E-state index in [0.29, 0.717) is 10.7 Å². The molecule has 1 atom stereocenters. The second kappa shape index (κ2) is 8.99. The van der Waals surface area contributed by atoms with Gasteiger partial charge in [0.25, 0.3) is 5.91 Å². The summed E-state index contributed by atoms with van der Waals surface area (Å²) in [7, 11) is 0. The minimum absolute atomic E-state index is 0.143. The van der Waals surface area contributed by atoms with Crippen LogP contribution in [-0.4, -0.2) is 23.0 Å². The molecule has 6 nitrogen and oxygen atoms in total. The first-order valence-electron chi connectivity index (χ1n) is 10.6. The molecule has 31 heavy (non-hydrogen) atoms. The van der Waals surface area contributed by atoms with Crippen LogP contribution in [0, 0.1) is 6.92 Å². The van der Waals surface area contributed by atoms with E-state index in [1.807, 2.05) is 54.8 Å². The quantitative estimate of drug-likeness (QED) is 0.437. The van der Waals surface area contributed by atoms with Crippen molar-refractivity contribution in [3.63, 3.8) is 0 Å². The number of thiazole rings is 1. The Balaban J connectivity index is 1.76. The van der Waals surface area contributed by atoms with Gasteiger partial charge in [-0.15, -0.1) is 0 Å². The highest BCUT2D eigenvalue weighted by Gasteiger charge is 2.50. The maximum atomic E-state index is 13.2. The molecule has 0 aliphatic heterocycles. The molecule has 0 radical (unpaired) electrons. The smallest absolute Gasteiger partial charge is 0.316 e. The van der Waals surface area contributed by atoms with Gasteiger partial charge in [-0.3, -0.25) is 4.79 Å². The number of carbonyl (C=O) groups excluding carboxylic acids is 2. The minimum atomic E-state index is -0.610. The fourth-order valence-electron chi connectivity index (χ4n) is 4.19. The van der Waals surface area contributed by atoms with Crippen LogP contribution in [-0.2, 0) is 0 Å². The number of rotatable bonds is 4. The van der Waals surface area contributed by atoms with E-state index in [0.717, 1.165) is 48.9 Å². The Morgan fingerprint density at radius 1 is 1.03 bits per heavy atom. The van der Waals surface area contributed by atoms with E-state index in [1.54, 1.807) is 12.1 Å². The van der Waals surface area contributed by atoms with Crippen molar-refractivity contribution >= 4 is 28.4 Å². The molecule has 1 fully saturated rings. The lowest BCUT2D eigenvalue weighted by molar-refractivity contribution is 0.0743. The third-order valence-corrected chi connectivity index (χ3v) is 6.86. The van der Waals surface area contributed by atoms with Crippen LogP contribution in [0.4, 0.5) is 9.93 Å². The second-order valence-electron chi connectivity index (χ2n) is 8.04. The fraction of sp³-hybridized carbons (Fsp3) is 0.292. The standard InChI is InChI=1S/C24H26N4O2S/c1-17-12-14-19(15-13-17)22(29)27-28(23(25)30,20-10-6-3-7-11-20)24-26-21(16-31-24)18-8-4-2-5-9-18/h2,4-5,8-9,12-16,20H,3,6-7,10-11H2,1H3,(H2-,25,27,29,30)/p+1. The van der Waals surface area contributed by atoms with Crippen molar-refractivity contribution in [1.29, 1.82) is 0 Å². The van der Waals surface area contributed by atoms with Crippen LogP contribution in [0.15, 0.2) is 60.0 Å². The molecule has 1 saturated carbocycles. The number of quaternary nitrogens is 1. The molecule has 0 bridgehead atoms. The van der Waals surface area contributed by atoms with Gasteiger partial charge in [-0.1, -0.05) is 70.4 Å². The number of nitrogens with one attached hydrogen (secondary N) is 1. The molecule has 2 aromatic carbocycles. The Labute approximate surface area is 186 Å². The molecule has 160 valence electrons. The number of nitrogens with zero attached hydrogens (tertiary/aromatic N) is 2. The lowest BCUT2D eigenvalue weighted by Crippen LogP contribution is -2.72. The summed E-state index contributed by atoms with van der Waals surface area (Å²) in [6.07, 6.45) is 4.72. The zero-order valence-corrected chi connectivity index (χ0v) is 18.4. The molecule has 1 aromatic heterocycles.